The maximum absolute atomic E-state index is 12.6. The Bertz CT molecular complexity index is 248. The van der Waals surface area contributed by atoms with Gasteiger partial charge in [-0.3, -0.25) is 4.79 Å². The molecule has 0 radical (unpaired) electrons. The fourth-order valence-electron chi connectivity index (χ4n) is 1.51. The molecular formula is C9H14F4N2O. The lowest BCUT2D eigenvalue weighted by molar-refractivity contribution is -0.128. The Hall–Kier alpha value is -0.850. The summed E-state index contributed by atoms with van der Waals surface area (Å²) in [5.41, 5.74) is 0. The third kappa shape index (κ3) is 3.96. The lowest BCUT2D eigenvalue weighted by atomic mass is 10.1. The maximum Gasteiger partial charge on any atom is 0.319 e. The smallest absolute Gasteiger partial charge is 0.319 e. The van der Waals surface area contributed by atoms with Crippen LogP contribution in [0, 0.1) is 0 Å². The van der Waals surface area contributed by atoms with Gasteiger partial charge in [0, 0.05) is 19.0 Å². The highest BCUT2D eigenvalue weighted by Gasteiger charge is 2.40. The summed E-state index contributed by atoms with van der Waals surface area (Å²) in [6, 6.07) is -0.452. The highest BCUT2D eigenvalue weighted by molar-refractivity contribution is 5.76. The third-order valence-electron chi connectivity index (χ3n) is 2.43. The summed E-state index contributed by atoms with van der Waals surface area (Å²) in [7, 11) is 0. The lowest BCUT2D eigenvalue weighted by Crippen LogP contribution is -2.44. The standard InChI is InChI=1S/C9H14F4N2O/c10-8(11)9(12,13)5-15-6-2-1-3-14-7(16)4-6/h6,8,15H,1-5H2,(H,14,16). The van der Waals surface area contributed by atoms with Crippen LogP contribution in [0.5, 0.6) is 0 Å². The van der Waals surface area contributed by atoms with Gasteiger partial charge in [0.1, 0.15) is 0 Å². The van der Waals surface area contributed by atoms with Crippen LogP contribution in [-0.2, 0) is 4.79 Å². The predicted molar refractivity (Wildman–Crippen MR) is 49.6 cm³/mol. The summed E-state index contributed by atoms with van der Waals surface area (Å²) >= 11 is 0. The molecule has 1 heterocycles. The zero-order chi connectivity index (χ0) is 12.2. The minimum absolute atomic E-state index is 0.0549. The van der Waals surface area contributed by atoms with Crippen molar-refractivity contribution >= 4 is 5.91 Å². The minimum atomic E-state index is -4.04. The number of amides is 1. The van der Waals surface area contributed by atoms with E-state index < -0.39 is 24.9 Å². The van der Waals surface area contributed by atoms with Crippen molar-refractivity contribution in [2.24, 2.45) is 0 Å². The molecule has 1 amide bonds. The Kier molecular flexibility index (Phi) is 4.52. The van der Waals surface area contributed by atoms with Gasteiger partial charge in [0.05, 0.1) is 6.54 Å². The second-order valence-corrected chi connectivity index (χ2v) is 3.84. The first kappa shape index (κ1) is 13.2. The predicted octanol–water partition coefficient (Wildman–Crippen LogP) is 1.15. The Morgan fingerprint density at radius 2 is 2.19 bits per heavy atom. The van der Waals surface area contributed by atoms with E-state index in [9.17, 15) is 22.4 Å². The fraction of sp³-hybridized carbons (Fsp3) is 0.889. The highest BCUT2D eigenvalue weighted by atomic mass is 19.3. The van der Waals surface area contributed by atoms with Gasteiger partial charge in [0.15, 0.2) is 0 Å². The number of halogens is 4. The van der Waals surface area contributed by atoms with Crippen molar-refractivity contribution in [2.45, 2.75) is 37.7 Å². The van der Waals surface area contributed by atoms with Gasteiger partial charge in [0.25, 0.3) is 0 Å². The fourth-order valence-corrected chi connectivity index (χ4v) is 1.51. The van der Waals surface area contributed by atoms with Gasteiger partial charge in [-0.15, -0.1) is 0 Å². The summed E-state index contributed by atoms with van der Waals surface area (Å²) in [6.07, 6.45) is -2.44. The van der Waals surface area contributed by atoms with E-state index >= 15 is 0 Å². The van der Waals surface area contributed by atoms with Gasteiger partial charge in [0.2, 0.25) is 5.91 Å². The maximum atomic E-state index is 12.6. The number of nitrogens with one attached hydrogen (secondary N) is 2. The van der Waals surface area contributed by atoms with Crippen LogP contribution in [0.2, 0.25) is 0 Å². The summed E-state index contributed by atoms with van der Waals surface area (Å²) in [5, 5.41) is 4.90. The van der Waals surface area contributed by atoms with Crippen LogP contribution in [0.4, 0.5) is 17.6 Å². The van der Waals surface area contributed by atoms with Crippen LogP contribution in [0.25, 0.3) is 0 Å². The first-order valence-corrected chi connectivity index (χ1v) is 5.08. The van der Waals surface area contributed by atoms with E-state index in [0.717, 1.165) is 0 Å². The van der Waals surface area contributed by atoms with Crippen molar-refractivity contribution in [2.75, 3.05) is 13.1 Å². The largest absolute Gasteiger partial charge is 0.356 e. The molecule has 3 nitrogen and oxygen atoms in total. The van der Waals surface area contributed by atoms with E-state index in [1.807, 2.05) is 0 Å². The van der Waals surface area contributed by atoms with E-state index in [4.69, 9.17) is 0 Å². The molecule has 0 aromatic heterocycles. The van der Waals surface area contributed by atoms with E-state index in [-0.39, 0.29) is 12.3 Å². The monoisotopic (exact) mass is 242 g/mol. The van der Waals surface area contributed by atoms with Crippen molar-refractivity contribution in [3.63, 3.8) is 0 Å². The first-order valence-electron chi connectivity index (χ1n) is 5.08. The van der Waals surface area contributed by atoms with E-state index in [0.29, 0.717) is 19.4 Å². The third-order valence-corrected chi connectivity index (χ3v) is 2.43. The molecule has 1 rings (SSSR count). The summed E-state index contributed by atoms with van der Waals surface area (Å²) in [6.45, 7) is -0.592. The van der Waals surface area contributed by atoms with Crippen LogP contribution >= 0.6 is 0 Å². The molecule has 0 aromatic carbocycles. The highest BCUT2D eigenvalue weighted by Crippen LogP contribution is 2.22. The molecule has 2 N–H and O–H groups in total. The van der Waals surface area contributed by atoms with Crippen molar-refractivity contribution in [1.29, 1.82) is 0 Å². The second kappa shape index (κ2) is 5.47. The second-order valence-electron chi connectivity index (χ2n) is 3.84. The molecule has 94 valence electrons. The average Bonchev–Trinajstić information content (AvgIpc) is 2.39. The number of carbonyl (C=O) groups is 1. The minimum Gasteiger partial charge on any atom is -0.356 e. The quantitative estimate of drug-likeness (QED) is 0.726. The van der Waals surface area contributed by atoms with Crippen LogP contribution in [0.1, 0.15) is 19.3 Å². The molecule has 1 unspecified atom stereocenters. The van der Waals surface area contributed by atoms with Crippen LogP contribution in [-0.4, -0.2) is 37.4 Å². The molecule has 1 atom stereocenters. The van der Waals surface area contributed by atoms with Crippen LogP contribution in [0.15, 0.2) is 0 Å². The van der Waals surface area contributed by atoms with Crippen molar-refractivity contribution < 1.29 is 22.4 Å². The number of hydrogen-bond acceptors (Lipinski definition) is 2. The van der Waals surface area contributed by atoms with Crippen LogP contribution < -0.4 is 10.6 Å². The molecule has 0 aliphatic carbocycles. The van der Waals surface area contributed by atoms with Gasteiger partial charge in [-0.1, -0.05) is 0 Å². The Morgan fingerprint density at radius 1 is 1.50 bits per heavy atom. The molecule has 16 heavy (non-hydrogen) atoms. The molecule has 7 heteroatoms. The Labute approximate surface area is 90.6 Å². The summed E-state index contributed by atoms with van der Waals surface area (Å²) < 4.78 is 48.9. The zero-order valence-electron chi connectivity index (χ0n) is 8.61. The normalized spacial score (nSPS) is 23.1. The Balaban J connectivity index is 2.39. The number of alkyl halides is 4. The molecule has 0 spiro atoms. The molecule has 1 aliphatic rings. The number of carbonyl (C=O) groups excluding carboxylic acids is 1. The summed E-state index contributed by atoms with van der Waals surface area (Å²) in [4.78, 5) is 11.1. The van der Waals surface area contributed by atoms with Crippen molar-refractivity contribution in [3.05, 3.63) is 0 Å². The molecule has 1 saturated heterocycles. The molecular weight excluding hydrogens is 228 g/mol. The van der Waals surface area contributed by atoms with Gasteiger partial charge < -0.3 is 10.6 Å². The Morgan fingerprint density at radius 3 is 2.81 bits per heavy atom. The van der Waals surface area contributed by atoms with E-state index in [1.165, 1.54) is 0 Å². The molecule has 1 fully saturated rings. The number of hydrogen-bond donors (Lipinski definition) is 2. The average molecular weight is 242 g/mol. The molecule has 0 saturated carbocycles. The van der Waals surface area contributed by atoms with Crippen molar-refractivity contribution in [3.8, 4) is 0 Å². The molecule has 1 aliphatic heterocycles. The van der Waals surface area contributed by atoms with E-state index in [2.05, 4.69) is 10.6 Å². The van der Waals surface area contributed by atoms with Crippen LogP contribution in [0.3, 0.4) is 0 Å². The molecule has 0 aromatic rings. The number of rotatable bonds is 4. The van der Waals surface area contributed by atoms with E-state index in [1.54, 1.807) is 0 Å². The van der Waals surface area contributed by atoms with Gasteiger partial charge in [-0.2, -0.15) is 8.78 Å². The summed E-state index contributed by atoms with van der Waals surface area (Å²) in [5.74, 6) is -4.28. The van der Waals surface area contributed by atoms with Gasteiger partial charge in [-0.05, 0) is 12.8 Å². The zero-order valence-corrected chi connectivity index (χ0v) is 8.61. The van der Waals surface area contributed by atoms with Crippen molar-refractivity contribution in [1.82, 2.24) is 10.6 Å². The van der Waals surface area contributed by atoms with Gasteiger partial charge >= 0.3 is 12.3 Å². The first-order chi connectivity index (χ1) is 7.42. The SMILES string of the molecule is O=C1CC(NCC(F)(F)C(F)F)CCCN1. The molecule has 0 bridgehead atoms. The lowest BCUT2D eigenvalue weighted by Gasteiger charge is -2.20. The topological polar surface area (TPSA) is 41.1 Å². The van der Waals surface area contributed by atoms with Gasteiger partial charge in [-0.25, -0.2) is 8.78 Å².